The largest absolute Gasteiger partial charge is 0.496 e. The molecular formula is C21H22BrNO2. The maximum absolute atomic E-state index is 12.8. The van der Waals surface area contributed by atoms with Crippen molar-refractivity contribution in [1.82, 2.24) is 5.32 Å². The second-order valence-corrected chi connectivity index (χ2v) is 7.98. The van der Waals surface area contributed by atoms with Gasteiger partial charge >= 0.3 is 0 Å². The van der Waals surface area contributed by atoms with Gasteiger partial charge < -0.3 is 10.1 Å². The smallest absolute Gasteiger partial charge is 0.255 e. The number of aryl methyl sites for hydroxylation is 1. The Morgan fingerprint density at radius 2 is 1.96 bits per heavy atom. The SMILES string of the molecule is COc1cc(C2CC2)ccc1C(=O)N[C@H]1CCc2cc(Br)ccc2C1. The number of benzene rings is 2. The molecule has 1 fully saturated rings. The summed E-state index contributed by atoms with van der Waals surface area (Å²) in [4.78, 5) is 12.8. The van der Waals surface area contributed by atoms with Crippen molar-refractivity contribution in [3.05, 3.63) is 63.1 Å². The van der Waals surface area contributed by atoms with E-state index in [1.165, 1.54) is 29.5 Å². The highest BCUT2D eigenvalue weighted by atomic mass is 79.9. The average molecular weight is 400 g/mol. The summed E-state index contributed by atoms with van der Waals surface area (Å²) in [5.41, 5.74) is 4.63. The topological polar surface area (TPSA) is 38.3 Å². The highest BCUT2D eigenvalue weighted by molar-refractivity contribution is 9.10. The molecule has 1 saturated carbocycles. The fourth-order valence-electron chi connectivity index (χ4n) is 3.68. The summed E-state index contributed by atoms with van der Waals surface area (Å²) in [6.45, 7) is 0. The lowest BCUT2D eigenvalue weighted by Crippen LogP contribution is -2.39. The number of amides is 1. The van der Waals surface area contributed by atoms with Crippen molar-refractivity contribution in [3.63, 3.8) is 0 Å². The normalized spacial score (nSPS) is 19.2. The van der Waals surface area contributed by atoms with Gasteiger partial charge in [-0.1, -0.05) is 28.1 Å². The zero-order chi connectivity index (χ0) is 17.4. The van der Waals surface area contributed by atoms with E-state index in [0.717, 1.165) is 23.7 Å². The first-order chi connectivity index (χ1) is 12.1. The molecule has 0 saturated heterocycles. The van der Waals surface area contributed by atoms with E-state index in [0.29, 0.717) is 17.2 Å². The van der Waals surface area contributed by atoms with Gasteiger partial charge in [0.1, 0.15) is 5.75 Å². The third kappa shape index (κ3) is 3.59. The van der Waals surface area contributed by atoms with Gasteiger partial charge in [0.15, 0.2) is 0 Å². The number of hydrogen-bond donors (Lipinski definition) is 1. The molecule has 0 bridgehead atoms. The quantitative estimate of drug-likeness (QED) is 0.813. The number of hydrogen-bond acceptors (Lipinski definition) is 2. The number of methoxy groups -OCH3 is 1. The van der Waals surface area contributed by atoms with E-state index in [-0.39, 0.29) is 11.9 Å². The van der Waals surface area contributed by atoms with E-state index >= 15 is 0 Å². The van der Waals surface area contributed by atoms with Crippen LogP contribution >= 0.6 is 15.9 Å². The molecule has 4 heteroatoms. The standard InChI is InChI=1S/C21H22BrNO2/c1-25-20-12-16(13-2-3-13)6-9-19(20)21(24)23-18-8-5-14-10-17(22)7-4-15(14)11-18/h4,6-7,9-10,12-13,18H,2-3,5,8,11H2,1H3,(H,23,24)/t18-/m0/s1. The molecule has 1 amide bonds. The maximum atomic E-state index is 12.8. The summed E-state index contributed by atoms with van der Waals surface area (Å²) in [5.74, 6) is 1.30. The predicted octanol–water partition coefficient (Wildman–Crippen LogP) is 4.62. The summed E-state index contributed by atoms with van der Waals surface area (Å²) in [6, 6.07) is 12.6. The van der Waals surface area contributed by atoms with Crippen molar-refractivity contribution >= 4 is 21.8 Å². The van der Waals surface area contributed by atoms with E-state index in [9.17, 15) is 4.79 Å². The minimum Gasteiger partial charge on any atom is -0.496 e. The number of carbonyl (C=O) groups is 1. The summed E-state index contributed by atoms with van der Waals surface area (Å²) in [5, 5.41) is 3.20. The van der Waals surface area contributed by atoms with Crippen LogP contribution in [0.2, 0.25) is 0 Å². The van der Waals surface area contributed by atoms with Crippen LogP contribution in [0.4, 0.5) is 0 Å². The average Bonchev–Trinajstić information content (AvgIpc) is 3.46. The van der Waals surface area contributed by atoms with Crippen LogP contribution in [0, 0.1) is 0 Å². The Kier molecular flexibility index (Phi) is 4.55. The van der Waals surface area contributed by atoms with Crippen LogP contribution in [0.1, 0.15) is 52.2 Å². The molecule has 4 rings (SSSR count). The number of fused-ring (bicyclic) bond motifs is 1. The Balaban J connectivity index is 1.48. The fourth-order valence-corrected chi connectivity index (χ4v) is 4.08. The lowest BCUT2D eigenvalue weighted by molar-refractivity contribution is 0.0930. The van der Waals surface area contributed by atoms with Gasteiger partial charge in [-0.3, -0.25) is 4.79 Å². The Bertz CT molecular complexity index is 814. The minimum absolute atomic E-state index is 0.0373. The van der Waals surface area contributed by atoms with Crippen molar-refractivity contribution in [2.24, 2.45) is 0 Å². The first kappa shape index (κ1) is 16.6. The highest BCUT2D eigenvalue weighted by Gasteiger charge is 2.26. The lowest BCUT2D eigenvalue weighted by atomic mass is 9.88. The minimum atomic E-state index is -0.0373. The van der Waals surface area contributed by atoms with Crippen molar-refractivity contribution < 1.29 is 9.53 Å². The Hall–Kier alpha value is -1.81. The molecule has 0 heterocycles. The second kappa shape index (κ2) is 6.83. The third-order valence-electron chi connectivity index (χ3n) is 5.25. The fraction of sp³-hybridized carbons (Fsp3) is 0.381. The molecule has 2 aromatic rings. The summed E-state index contributed by atoms with van der Waals surface area (Å²) < 4.78 is 6.60. The van der Waals surface area contributed by atoms with E-state index < -0.39 is 0 Å². The Labute approximate surface area is 156 Å². The predicted molar refractivity (Wildman–Crippen MR) is 102 cm³/mol. The van der Waals surface area contributed by atoms with Crippen LogP contribution in [-0.4, -0.2) is 19.1 Å². The van der Waals surface area contributed by atoms with Gasteiger partial charge in [-0.15, -0.1) is 0 Å². The monoisotopic (exact) mass is 399 g/mol. The lowest BCUT2D eigenvalue weighted by Gasteiger charge is -2.26. The van der Waals surface area contributed by atoms with Gasteiger partial charge in [-0.2, -0.15) is 0 Å². The first-order valence-electron chi connectivity index (χ1n) is 8.90. The molecule has 0 aliphatic heterocycles. The number of rotatable bonds is 4. The molecule has 130 valence electrons. The number of halogens is 1. The van der Waals surface area contributed by atoms with Crippen molar-refractivity contribution in [2.45, 2.75) is 44.1 Å². The number of carbonyl (C=O) groups excluding carboxylic acids is 1. The molecule has 3 nitrogen and oxygen atoms in total. The van der Waals surface area contributed by atoms with Crippen molar-refractivity contribution in [1.29, 1.82) is 0 Å². The molecule has 25 heavy (non-hydrogen) atoms. The first-order valence-corrected chi connectivity index (χ1v) is 9.69. The molecule has 2 aromatic carbocycles. The highest BCUT2D eigenvalue weighted by Crippen LogP contribution is 2.41. The number of nitrogens with one attached hydrogen (secondary N) is 1. The summed E-state index contributed by atoms with van der Waals surface area (Å²) in [6.07, 6.45) is 5.34. The van der Waals surface area contributed by atoms with E-state index in [4.69, 9.17) is 4.74 Å². The van der Waals surface area contributed by atoms with E-state index in [2.05, 4.69) is 45.5 Å². The van der Waals surface area contributed by atoms with Gasteiger partial charge in [0.2, 0.25) is 0 Å². The van der Waals surface area contributed by atoms with Gasteiger partial charge in [0, 0.05) is 10.5 Å². The van der Waals surface area contributed by atoms with Gasteiger partial charge in [0.25, 0.3) is 5.91 Å². The molecule has 0 unspecified atom stereocenters. The Morgan fingerprint density at radius 1 is 1.12 bits per heavy atom. The third-order valence-corrected chi connectivity index (χ3v) is 5.74. The zero-order valence-electron chi connectivity index (χ0n) is 14.3. The summed E-state index contributed by atoms with van der Waals surface area (Å²) in [7, 11) is 1.64. The van der Waals surface area contributed by atoms with E-state index in [1.54, 1.807) is 7.11 Å². The van der Waals surface area contributed by atoms with Crippen LogP contribution in [0.3, 0.4) is 0 Å². The van der Waals surface area contributed by atoms with Crippen LogP contribution < -0.4 is 10.1 Å². The van der Waals surface area contributed by atoms with Crippen LogP contribution in [0.5, 0.6) is 5.75 Å². The molecular weight excluding hydrogens is 378 g/mol. The van der Waals surface area contributed by atoms with Gasteiger partial charge in [-0.25, -0.2) is 0 Å². The Morgan fingerprint density at radius 3 is 2.72 bits per heavy atom. The molecule has 2 aliphatic rings. The number of ether oxygens (including phenoxy) is 1. The van der Waals surface area contributed by atoms with Gasteiger partial charge in [0.05, 0.1) is 12.7 Å². The maximum Gasteiger partial charge on any atom is 0.255 e. The molecule has 0 aromatic heterocycles. The van der Waals surface area contributed by atoms with Crippen LogP contribution in [-0.2, 0) is 12.8 Å². The molecule has 0 spiro atoms. The van der Waals surface area contributed by atoms with Crippen molar-refractivity contribution in [3.8, 4) is 5.75 Å². The van der Waals surface area contributed by atoms with Gasteiger partial charge in [-0.05, 0) is 79.0 Å². The molecule has 0 radical (unpaired) electrons. The zero-order valence-corrected chi connectivity index (χ0v) is 15.9. The van der Waals surface area contributed by atoms with E-state index in [1.807, 2.05) is 12.1 Å². The molecule has 1 N–H and O–H groups in total. The summed E-state index contributed by atoms with van der Waals surface area (Å²) >= 11 is 3.53. The molecule has 2 aliphatic carbocycles. The second-order valence-electron chi connectivity index (χ2n) is 7.06. The molecule has 1 atom stereocenters. The van der Waals surface area contributed by atoms with Crippen LogP contribution in [0.25, 0.3) is 0 Å². The van der Waals surface area contributed by atoms with Crippen molar-refractivity contribution in [2.75, 3.05) is 7.11 Å². The van der Waals surface area contributed by atoms with Crippen LogP contribution in [0.15, 0.2) is 40.9 Å².